The Bertz CT molecular complexity index is 262. The molecule has 1 nitrogen and oxygen atoms in total. The Balaban J connectivity index is 2.40. The van der Waals surface area contributed by atoms with E-state index in [4.69, 9.17) is 11.6 Å². The van der Waals surface area contributed by atoms with Gasteiger partial charge in [0, 0.05) is 22.8 Å². The van der Waals surface area contributed by atoms with Gasteiger partial charge in [-0.25, -0.2) is 0 Å². The molecule has 0 spiro atoms. The van der Waals surface area contributed by atoms with Gasteiger partial charge in [0.15, 0.2) is 0 Å². The standard InChI is InChI=1S/C9H13BrClNS/c1-7(10)5-12(2)6-8-3-4-9(11)13-8/h3-4,7H,5-6H2,1-2H3. The van der Waals surface area contributed by atoms with Crippen LogP contribution in [0.25, 0.3) is 0 Å². The molecule has 13 heavy (non-hydrogen) atoms. The molecule has 4 heteroatoms. The minimum absolute atomic E-state index is 0.535. The Morgan fingerprint density at radius 1 is 1.62 bits per heavy atom. The largest absolute Gasteiger partial charge is 0.300 e. The molecule has 1 heterocycles. The van der Waals surface area contributed by atoms with Gasteiger partial charge in [-0.2, -0.15) is 0 Å². The Morgan fingerprint density at radius 2 is 2.31 bits per heavy atom. The van der Waals surface area contributed by atoms with Crippen molar-refractivity contribution < 1.29 is 0 Å². The van der Waals surface area contributed by atoms with Crippen LogP contribution in [0.1, 0.15) is 11.8 Å². The number of hydrogen-bond acceptors (Lipinski definition) is 2. The van der Waals surface area contributed by atoms with Crippen molar-refractivity contribution in [3.05, 3.63) is 21.3 Å². The van der Waals surface area contributed by atoms with Gasteiger partial charge >= 0.3 is 0 Å². The fourth-order valence-corrected chi connectivity index (χ4v) is 2.86. The zero-order valence-electron chi connectivity index (χ0n) is 7.76. The van der Waals surface area contributed by atoms with Crippen LogP contribution in [0.2, 0.25) is 4.34 Å². The van der Waals surface area contributed by atoms with Crippen LogP contribution in [-0.2, 0) is 6.54 Å². The van der Waals surface area contributed by atoms with E-state index in [2.05, 4.69) is 40.9 Å². The van der Waals surface area contributed by atoms with E-state index in [1.54, 1.807) is 11.3 Å². The van der Waals surface area contributed by atoms with Gasteiger partial charge in [-0.3, -0.25) is 0 Å². The van der Waals surface area contributed by atoms with E-state index in [0.29, 0.717) is 4.83 Å². The molecule has 74 valence electrons. The van der Waals surface area contributed by atoms with Gasteiger partial charge in [-0.15, -0.1) is 11.3 Å². The molecule has 0 amide bonds. The summed E-state index contributed by atoms with van der Waals surface area (Å²) in [5.41, 5.74) is 0. The lowest BCUT2D eigenvalue weighted by Gasteiger charge is -2.16. The highest BCUT2D eigenvalue weighted by Crippen LogP contribution is 2.22. The van der Waals surface area contributed by atoms with Gasteiger partial charge in [-0.05, 0) is 19.2 Å². The number of rotatable bonds is 4. The number of thiophene rings is 1. The molecule has 1 unspecified atom stereocenters. The minimum atomic E-state index is 0.535. The van der Waals surface area contributed by atoms with E-state index in [-0.39, 0.29) is 0 Å². The molecule has 1 aromatic rings. The Kier molecular flexibility index (Phi) is 4.73. The summed E-state index contributed by atoms with van der Waals surface area (Å²) in [4.78, 5) is 4.13. The van der Waals surface area contributed by atoms with Crippen LogP contribution < -0.4 is 0 Å². The monoisotopic (exact) mass is 281 g/mol. The topological polar surface area (TPSA) is 3.24 Å². The van der Waals surface area contributed by atoms with E-state index in [1.165, 1.54) is 4.88 Å². The van der Waals surface area contributed by atoms with Crippen LogP contribution in [0.4, 0.5) is 0 Å². The molecule has 0 bridgehead atoms. The summed E-state index contributed by atoms with van der Waals surface area (Å²) in [6.07, 6.45) is 0. The van der Waals surface area contributed by atoms with Crippen LogP contribution in [0.3, 0.4) is 0 Å². The smallest absolute Gasteiger partial charge is 0.0931 e. The molecule has 0 radical (unpaired) electrons. The van der Waals surface area contributed by atoms with Crippen LogP contribution >= 0.6 is 38.9 Å². The van der Waals surface area contributed by atoms with Gasteiger partial charge in [0.05, 0.1) is 4.34 Å². The number of nitrogens with zero attached hydrogens (tertiary/aromatic N) is 1. The van der Waals surface area contributed by atoms with Crippen LogP contribution in [-0.4, -0.2) is 23.3 Å². The van der Waals surface area contributed by atoms with Crippen molar-refractivity contribution in [1.82, 2.24) is 4.90 Å². The van der Waals surface area contributed by atoms with Gasteiger partial charge in [-0.1, -0.05) is 34.5 Å². The molecule has 0 aliphatic rings. The molecular formula is C9H13BrClNS. The van der Waals surface area contributed by atoms with Crippen molar-refractivity contribution in [1.29, 1.82) is 0 Å². The van der Waals surface area contributed by atoms with Crippen molar-refractivity contribution in [2.45, 2.75) is 18.3 Å². The van der Waals surface area contributed by atoms with Crippen LogP contribution in [0, 0.1) is 0 Å². The van der Waals surface area contributed by atoms with Crippen molar-refractivity contribution in [3.8, 4) is 0 Å². The van der Waals surface area contributed by atoms with Crippen molar-refractivity contribution in [2.75, 3.05) is 13.6 Å². The van der Waals surface area contributed by atoms with Crippen molar-refractivity contribution in [2.24, 2.45) is 0 Å². The van der Waals surface area contributed by atoms with Gasteiger partial charge in [0.2, 0.25) is 0 Å². The molecule has 0 N–H and O–H groups in total. The summed E-state index contributed by atoms with van der Waals surface area (Å²) < 4.78 is 0.871. The summed E-state index contributed by atoms with van der Waals surface area (Å²) in [5, 5.41) is 0. The maximum Gasteiger partial charge on any atom is 0.0931 e. The third-order valence-electron chi connectivity index (χ3n) is 1.62. The molecule has 0 fully saturated rings. The van der Waals surface area contributed by atoms with Gasteiger partial charge in [0.1, 0.15) is 0 Å². The molecule has 0 saturated heterocycles. The van der Waals surface area contributed by atoms with E-state index < -0.39 is 0 Å². The maximum atomic E-state index is 5.84. The lowest BCUT2D eigenvalue weighted by Crippen LogP contribution is -2.23. The van der Waals surface area contributed by atoms with Crippen molar-refractivity contribution in [3.63, 3.8) is 0 Å². The van der Waals surface area contributed by atoms with E-state index in [0.717, 1.165) is 17.4 Å². The third-order valence-corrected chi connectivity index (χ3v) is 3.12. The number of alkyl halides is 1. The molecule has 1 atom stereocenters. The average Bonchev–Trinajstić information content (AvgIpc) is 2.33. The molecule has 0 aliphatic carbocycles. The van der Waals surface area contributed by atoms with E-state index >= 15 is 0 Å². The predicted octanol–water partition coefficient (Wildman–Crippen LogP) is 3.62. The second kappa shape index (κ2) is 5.35. The second-order valence-corrected chi connectivity index (χ2v) is 6.55. The maximum absolute atomic E-state index is 5.84. The summed E-state index contributed by atoms with van der Waals surface area (Å²) in [6, 6.07) is 4.04. The summed E-state index contributed by atoms with van der Waals surface area (Å²) in [7, 11) is 2.12. The molecule has 0 aliphatic heterocycles. The average molecular weight is 283 g/mol. The van der Waals surface area contributed by atoms with Gasteiger partial charge in [0.25, 0.3) is 0 Å². The molecule has 1 rings (SSSR count). The van der Waals surface area contributed by atoms with E-state index in [9.17, 15) is 0 Å². The lowest BCUT2D eigenvalue weighted by molar-refractivity contribution is 0.336. The summed E-state index contributed by atoms with van der Waals surface area (Å²) in [6.45, 7) is 4.18. The second-order valence-electron chi connectivity index (χ2n) is 3.18. The number of halogens is 2. The van der Waals surface area contributed by atoms with E-state index in [1.807, 2.05) is 6.07 Å². The zero-order chi connectivity index (χ0) is 9.84. The quantitative estimate of drug-likeness (QED) is 0.763. The Hall–Kier alpha value is 0.430. The molecule has 0 aromatic carbocycles. The third kappa shape index (κ3) is 4.45. The highest BCUT2D eigenvalue weighted by atomic mass is 79.9. The summed E-state index contributed by atoms with van der Waals surface area (Å²) >= 11 is 11.0. The first-order valence-electron chi connectivity index (χ1n) is 4.14. The minimum Gasteiger partial charge on any atom is -0.300 e. The normalized spacial score (nSPS) is 13.6. The zero-order valence-corrected chi connectivity index (χ0v) is 10.9. The predicted molar refractivity (Wildman–Crippen MR) is 64.1 cm³/mol. The highest BCUT2D eigenvalue weighted by molar-refractivity contribution is 9.09. The van der Waals surface area contributed by atoms with Crippen molar-refractivity contribution >= 4 is 38.9 Å². The SMILES string of the molecule is CC(Br)CN(C)Cc1ccc(Cl)s1. The summed E-state index contributed by atoms with van der Waals surface area (Å²) in [5.74, 6) is 0. The molecular weight excluding hydrogens is 270 g/mol. The first-order chi connectivity index (χ1) is 6.08. The lowest BCUT2D eigenvalue weighted by atomic mass is 10.4. The molecule has 1 aromatic heterocycles. The Labute approximate surface area is 96.8 Å². The number of hydrogen-bond donors (Lipinski definition) is 0. The van der Waals surface area contributed by atoms with Crippen LogP contribution in [0.5, 0.6) is 0 Å². The first-order valence-corrected chi connectivity index (χ1v) is 6.26. The fourth-order valence-electron chi connectivity index (χ4n) is 1.20. The first kappa shape index (κ1) is 11.5. The van der Waals surface area contributed by atoms with Gasteiger partial charge < -0.3 is 4.90 Å². The Morgan fingerprint density at radius 3 is 2.77 bits per heavy atom. The van der Waals surface area contributed by atoms with Crippen LogP contribution in [0.15, 0.2) is 12.1 Å². The molecule has 0 saturated carbocycles. The fraction of sp³-hybridized carbons (Fsp3) is 0.556. The highest BCUT2D eigenvalue weighted by Gasteiger charge is 2.05.